The van der Waals surface area contributed by atoms with Gasteiger partial charge in [0.25, 0.3) is 0 Å². The lowest BCUT2D eigenvalue weighted by Crippen LogP contribution is -1.98. The number of carbonyl (C=O) groups is 1. The molecule has 27 heavy (non-hydrogen) atoms. The quantitative estimate of drug-likeness (QED) is 0.536. The highest BCUT2D eigenvalue weighted by atomic mass is 35.5. The number of benzene rings is 3. The van der Waals surface area contributed by atoms with Crippen molar-refractivity contribution in [2.75, 3.05) is 0 Å². The summed E-state index contributed by atoms with van der Waals surface area (Å²) in [7, 11) is 0. The molecule has 0 atom stereocenters. The zero-order chi connectivity index (χ0) is 18.8. The minimum atomic E-state index is -0.122. The summed E-state index contributed by atoms with van der Waals surface area (Å²) in [5.41, 5.74) is 3.53. The van der Waals surface area contributed by atoms with Crippen molar-refractivity contribution in [3.05, 3.63) is 99.8 Å². The molecule has 0 N–H and O–H groups in total. The van der Waals surface area contributed by atoms with Crippen molar-refractivity contribution in [2.45, 2.75) is 13.5 Å². The summed E-state index contributed by atoms with van der Waals surface area (Å²) >= 11 is 6.15. The summed E-state index contributed by atoms with van der Waals surface area (Å²) in [6.07, 6.45) is 1.76. The molecule has 1 aliphatic heterocycles. The molecule has 0 unspecified atom stereocenters. The molecule has 0 aromatic heterocycles. The Labute approximate surface area is 162 Å². The summed E-state index contributed by atoms with van der Waals surface area (Å²) in [5.74, 6) is 1.33. The molecule has 4 heteroatoms. The van der Waals surface area contributed by atoms with E-state index in [0.717, 1.165) is 11.1 Å². The van der Waals surface area contributed by atoms with E-state index in [1.165, 1.54) is 5.56 Å². The number of hydrogen-bond donors (Lipinski definition) is 0. The van der Waals surface area contributed by atoms with E-state index in [1.54, 1.807) is 24.3 Å². The number of rotatable bonds is 4. The van der Waals surface area contributed by atoms with Crippen molar-refractivity contribution in [2.24, 2.45) is 0 Å². The molecular formula is C23H17ClO3. The number of ketones is 1. The van der Waals surface area contributed by atoms with Gasteiger partial charge in [0.05, 0.1) is 5.56 Å². The topological polar surface area (TPSA) is 35.5 Å². The van der Waals surface area contributed by atoms with Gasteiger partial charge in [-0.2, -0.15) is 0 Å². The van der Waals surface area contributed by atoms with Crippen LogP contribution in [0.1, 0.15) is 27.0 Å². The van der Waals surface area contributed by atoms with Crippen LogP contribution in [0.2, 0.25) is 5.02 Å². The van der Waals surface area contributed by atoms with E-state index < -0.39 is 0 Å². The molecule has 1 aliphatic rings. The van der Waals surface area contributed by atoms with Crippen molar-refractivity contribution in [3.63, 3.8) is 0 Å². The van der Waals surface area contributed by atoms with E-state index in [-0.39, 0.29) is 5.78 Å². The zero-order valence-corrected chi connectivity index (χ0v) is 15.5. The van der Waals surface area contributed by atoms with Crippen LogP contribution >= 0.6 is 11.6 Å². The maximum absolute atomic E-state index is 12.6. The second kappa shape index (κ2) is 7.29. The molecule has 0 saturated heterocycles. The van der Waals surface area contributed by atoms with E-state index in [9.17, 15) is 4.79 Å². The fourth-order valence-corrected chi connectivity index (χ4v) is 3.04. The standard InChI is InChI=1S/C23H17ClO3/c1-15-6-8-16(9-7-15)12-22-23(25)19-11-10-18(13-21(19)27-22)26-14-17-4-2-3-5-20(17)24/h2-13H,14H2,1H3. The molecule has 3 aromatic carbocycles. The average Bonchev–Trinajstić information content (AvgIpc) is 2.98. The Balaban J connectivity index is 1.52. The van der Waals surface area contributed by atoms with Gasteiger partial charge in [-0.05, 0) is 36.8 Å². The third kappa shape index (κ3) is 3.74. The number of ether oxygens (including phenoxy) is 2. The highest BCUT2D eigenvalue weighted by molar-refractivity contribution is 6.31. The molecule has 0 saturated carbocycles. The third-order valence-electron chi connectivity index (χ3n) is 4.37. The number of carbonyl (C=O) groups excluding carboxylic acids is 1. The second-order valence-corrected chi connectivity index (χ2v) is 6.80. The van der Waals surface area contributed by atoms with Crippen molar-refractivity contribution in [1.82, 2.24) is 0 Å². The Morgan fingerprint density at radius 1 is 1.04 bits per heavy atom. The smallest absolute Gasteiger partial charge is 0.231 e. The number of halogens is 1. The minimum Gasteiger partial charge on any atom is -0.489 e. The van der Waals surface area contributed by atoms with Gasteiger partial charge in [0.15, 0.2) is 5.76 Å². The van der Waals surface area contributed by atoms with Crippen molar-refractivity contribution in [1.29, 1.82) is 0 Å². The molecule has 134 valence electrons. The van der Waals surface area contributed by atoms with Gasteiger partial charge in [0.1, 0.15) is 18.1 Å². The van der Waals surface area contributed by atoms with Gasteiger partial charge in [-0.3, -0.25) is 4.79 Å². The molecule has 0 bridgehead atoms. The predicted molar refractivity (Wildman–Crippen MR) is 106 cm³/mol. The van der Waals surface area contributed by atoms with Crippen LogP contribution in [0, 0.1) is 6.92 Å². The van der Waals surface area contributed by atoms with Gasteiger partial charge >= 0.3 is 0 Å². The fraction of sp³-hybridized carbons (Fsp3) is 0.0870. The molecule has 3 aromatic rings. The Morgan fingerprint density at radius 3 is 2.59 bits per heavy atom. The molecular weight excluding hydrogens is 360 g/mol. The zero-order valence-electron chi connectivity index (χ0n) is 14.7. The Bertz CT molecular complexity index is 1040. The van der Waals surface area contributed by atoms with E-state index >= 15 is 0 Å². The van der Waals surface area contributed by atoms with E-state index in [4.69, 9.17) is 21.1 Å². The van der Waals surface area contributed by atoms with Crippen LogP contribution in [0.4, 0.5) is 0 Å². The van der Waals surface area contributed by atoms with Crippen LogP contribution in [0.15, 0.2) is 72.5 Å². The second-order valence-electron chi connectivity index (χ2n) is 6.39. The Hall–Kier alpha value is -3.04. The first-order chi connectivity index (χ1) is 13.1. The van der Waals surface area contributed by atoms with Crippen LogP contribution in [0.3, 0.4) is 0 Å². The summed E-state index contributed by atoms with van der Waals surface area (Å²) in [4.78, 5) is 12.6. The monoisotopic (exact) mass is 376 g/mol. The van der Waals surface area contributed by atoms with Crippen LogP contribution in [0.25, 0.3) is 6.08 Å². The molecule has 0 amide bonds. The maximum atomic E-state index is 12.6. The molecule has 0 radical (unpaired) electrons. The van der Waals surface area contributed by atoms with E-state index in [1.807, 2.05) is 55.5 Å². The summed E-state index contributed by atoms with van der Waals surface area (Å²) < 4.78 is 11.6. The highest BCUT2D eigenvalue weighted by Crippen LogP contribution is 2.35. The normalized spacial score (nSPS) is 14.1. The van der Waals surface area contributed by atoms with Gasteiger partial charge < -0.3 is 9.47 Å². The fourth-order valence-electron chi connectivity index (χ4n) is 2.85. The molecule has 0 spiro atoms. The Kier molecular flexibility index (Phi) is 4.69. The summed E-state index contributed by atoms with van der Waals surface area (Å²) in [5, 5.41) is 0.661. The minimum absolute atomic E-state index is 0.122. The number of Topliss-reactive ketones (excluding diaryl/α,β-unsaturated/α-hetero) is 1. The van der Waals surface area contributed by atoms with Crippen LogP contribution in [-0.2, 0) is 6.61 Å². The van der Waals surface area contributed by atoms with Gasteiger partial charge in [-0.25, -0.2) is 0 Å². The van der Waals surface area contributed by atoms with Gasteiger partial charge in [0, 0.05) is 16.7 Å². The number of allylic oxidation sites excluding steroid dienone is 1. The largest absolute Gasteiger partial charge is 0.489 e. The van der Waals surface area contributed by atoms with Gasteiger partial charge in [-0.15, -0.1) is 0 Å². The van der Waals surface area contributed by atoms with E-state index in [0.29, 0.717) is 34.5 Å². The SMILES string of the molecule is Cc1ccc(C=C2Oc3cc(OCc4ccccc4Cl)ccc3C2=O)cc1. The lowest BCUT2D eigenvalue weighted by molar-refractivity contribution is 0.101. The molecule has 0 aliphatic carbocycles. The first-order valence-electron chi connectivity index (χ1n) is 8.61. The van der Waals surface area contributed by atoms with Crippen LogP contribution in [0.5, 0.6) is 11.5 Å². The molecule has 0 fully saturated rings. The Morgan fingerprint density at radius 2 is 1.81 bits per heavy atom. The van der Waals surface area contributed by atoms with Gasteiger partial charge in [0.2, 0.25) is 5.78 Å². The lowest BCUT2D eigenvalue weighted by Gasteiger charge is -2.08. The number of hydrogen-bond acceptors (Lipinski definition) is 3. The molecule has 4 rings (SSSR count). The summed E-state index contributed by atoms with van der Waals surface area (Å²) in [6.45, 7) is 2.37. The maximum Gasteiger partial charge on any atom is 0.231 e. The third-order valence-corrected chi connectivity index (χ3v) is 4.74. The van der Waals surface area contributed by atoms with Crippen LogP contribution < -0.4 is 9.47 Å². The average molecular weight is 377 g/mol. The first-order valence-corrected chi connectivity index (χ1v) is 8.99. The van der Waals surface area contributed by atoms with Gasteiger partial charge in [-0.1, -0.05) is 59.6 Å². The highest BCUT2D eigenvalue weighted by Gasteiger charge is 2.27. The first kappa shape index (κ1) is 17.4. The number of aryl methyl sites for hydroxylation is 1. The van der Waals surface area contributed by atoms with Crippen LogP contribution in [-0.4, -0.2) is 5.78 Å². The van der Waals surface area contributed by atoms with Crippen molar-refractivity contribution in [3.8, 4) is 11.5 Å². The predicted octanol–water partition coefficient (Wildman–Crippen LogP) is 5.84. The molecule has 1 heterocycles. The number of fused-ring (bicyclic) bond motifs is 1. The van der Waals surface area contributed by atoms with Crippen molar-refractivity contribution < 1.29 is 14.3 Å². The summed E-state index contributed by atoms with van der Waals surface area (Å²) in [6, 6.07) is 20.7. The molecule has 3 nitrogen and oxygen atoms in total. The van der Waals surface area contributed by atoms with E-state index in [2.05, 4.69) is 0 Å². The lowest BCUT2D eigenvalue weighted by atomic mass is 10.1. The van der Waals surface area contributed by atoms with Crippen molar-refractivity contribution >= 4 is 23.5 Å².